The number of Topliss-reactive ketones (excluding diaryl/α,β-unsaturated/α-hetero) is 1. The van der Waals surface area contributed by atoms with Gasteiger partial charge in [-0.2, -0.15) is 0 Å². The van der Waals surface area contributed by atoms with Crippen molar-refractivity contribution in [3.05, 3.63) is 83.4 Å². The molecule has 0 saturated carbocycles. The third-order valence-corrected chi connectivity index (χ3v) is 4.76. The molecular weight excluding hydrogens is 268 g/mol. The Bertz CT molecular complexity index is 681. The molecule has 22 heavy (non-hydrogen) atoms. The summed E-state index contributed by atoms with van der Waals surface area (Å²) in [4.78, 5) is 12.9. The highest BCUT2D eigenvalue weighted by molar-refractivity contribution is 6.00. The van der Waals surface area contributed by atoms with Crippen LogP contribution >= 0.6 is 0 Å². The third-order valence-electron chi connectivity index (χ3n) is 4.76. The van der Waals surface area contributed by atoms with Crippen LogP contribution in [0, 0.1) is 12.8 Å². The van der Waals surface area contributed by atoms with Gasteiger partial charge >= 0.3 is 0 Å². The monoisotopic (exact) mass is 290 g/mol. The molecule has 1 heteroatoms. The highest BCUT2D eigenvalue weighted by atomic mass is 16.1. The quantitative estimate of drug-likeness (QED) is 0.716. The number of ketones is 1. The smallest absolute Gasteiger partial charge is 0.166 e. The van der Waals surface area contributed by atoms with Crippen LogP contribution in [-0.2, 0) is 6.42 Å². The number of hydrogen-bond donors (Lipinski definition) is 0. The van der Waals surface area contributed by atoms with Gasteiger partial charge in [-0.05, 0) is 43.2 Å². The van der Waals surface area contributed by atoms with E-state index < -0.39 is 0 Å². The number of hydrogen-bond acceptors (Lipinski definition) is 1. The number of aryl methyl sites for hydroxylation is 2. The first-order chi connectivity index (χ1) is 10.7. The average Bonchev–Trinajstić information content (AvgIpc) is 2.55. The van der Waals surface area contributed by atoms with E-state index in [1.807, 2.05) is 24.3 Å². The molecule has 0 spiro atoms. The second-order valence-corrected chi connectivity index (χ2v) is 6.21. The lowest BCUT2D eigenvalue weighted by molar-refractivity contribution is 0.0879. The standard InChI is InChI=1S/C21H22O/c1-3-6-18(17-11-9-15(2)10-12-17)20-14-13-16-7-4-5-8-19(16)21(20)22/h3-5,7-12,18,20H,1,6,13-14H2,2H3/t18-,20-/m1/s1. The van der Waals surface area contributed by atoms with Crippen molar-refractivity contribution in [2.75, 3.05) is 0 Å². The Morgan fingerprint density at radius 1 is 1.18 bits per heavy atom. The van der Waals surface area contributed by atoms with Crippen molar-refractivity contribution in [2.24, 2.45) is 5.92 Å². The zero-order valence-electron chi connectivity index (χ0n) is 13.1. The predicted molar refractivity (Wildman–Crippen MR) is 91.3 cm³/mol. The average molecular weight is 290 g/mol. The maximum atomic E-state index is 12.9. The van der Waals surface area contributed by atoms with Gasteiger partial charge in [0.25, 0.3) is 0 Å². The van der Waals surface area contributed by atoms with Gasteiger partial charge in [0.05, 0.1) is 0 Å². The molecule has 1 nitrogen and oxygen atoms in total. The molecule has 0 aromatic heterocycles. The molecule has 112 valence electrons. The molecule has 0 unspecified atom stereocenters. The van der Waals surface area contributed by atoms with Crippen molar-refractivity contribution < 1.29 is 4.79 Å². The lowest BCUT2D eigenvalue weighted by Crippen LogP contribution is -2.28. The summed E-state index contributed by atoms with van der Waals surface area (Å²) in [5, 5.41) is 0. The minimum absolute atomic E-state index is 0.0654. The van der Waals surface area contributed by atoms with Gasteiger partial charge in [-0.1, -0.05) is 60.2 Å². The number of carbonyl (C=O) groups is 1. The van der Waals surface area contributed by atoms with Crippen LogP contribution in [0.4, 0.5) is 0 Å². The van der Waals surface area contributed by atoms with Crippen molar-refractivity contribution in [3.63, 3.8) is 0 Å². The predicted octanol–water partition coefficient (Wildman–Crippen LogP) is 5.10. The van der Waals surface area contributed by atoms with E-state index >= 15 is 0 Å². The van der Waals surface area contributed by atoms with Crippen LogP contribution in [0.25, 0.3) is 0 Å². The lowest BCUT2D eigenvalue weighted by atomic mass is 9.72. The Kier molecular flexibility index (Phi) is 4.24. The van der Waals surface area contributed by atoms with Crippen molar-refractivity contribution in [2.45, 2.75) is 32.1 Å². The maximum Gasteiger partial charge on any atom is 0.166 e. The zero-order valence-corrected chi connectivity index (χ0v) is 13.1. The molecule has 1 aliphatic rings. The molecular formula is C21H22O. The largest absolute Gasteiger partial charge is 0.294 e. The van der Waals surface area contributed by atoms with E-state index in [0.29, 0.717) is 5.78 Å². The first-order valence-corrected chi connectivity index (χ1v) is 8.00. The molecule has 2 aromatic carbocycles. The van der Waals surface area contributed by atoms with Gasteiger partial charge in [-0.3, -0.25) is 4.79 Å². The van der Waals surface area contributed by atoms with Gasteiger partial charge in [0.1, 0.15) is 0 Å². The van der Waals surface area contributed by atoms with E-state index in [1.54, 1.807) is 0 Å². The summed E-state index contributed by atoms with van der Waals surface area (Å²) in [6.45, 7) is 5.99. The van der Waals surface area contributed by atoms with Crippen LogP contribution in [0.15, 0.2) is 61.2 Å². The summed E-state index contributed by atoms with van der Waals surface area (Å²) in [5.41, 5.74) is 4.62. The van der Waals surface area contributed by atoms with Crippen LogP contribution in [0.2, 0.25) is 0 Å². The summed E-state index contributed by atoms with van der Waals surface area (Å²) in [6, 6.07) is 16.6. The van der Waals surface area contributed by atoms with Crippen molar-refractivity contribution in [1.82, 2.24) is 0 Å². The van der Waals surface area contributed by atoms with Crippen molar-refractivity contribution in [3.8, 4) is 0 Å². The molecule has 1 aliphatic carbocycles. The Morgan fingerprint density at radius 3 is 2.64 bits per heavy atom. The lowest BCUT2D eigenvalue weighted by Gasteiger charge is -2.30. The normalized spacial score (nSPS) is 18.6. The molecule has 0 bridgehead atoms. The number of carbonyl (C=O) groups excluding carboxylic acids is 1. The fourth-order valence-corrected chi connectivity index (χ4v) is 3.53. The molecule has 0 radical (unpaired) electrons. The van der Waals surface area contributed by atoms with E-state index in [1.165, 1.54) is 16.7 Å². The van der Waals surface area contributed by atoms with Crippen LogP contribution in [0.3, 0.4) is 0 Å². The fraction of sp³-hybridized carbons (Fsp3) is 0.286. The van der Waals surface area contributed by atoms with Crippen molar-refractivity contribution >= 4 is 5.78 Å². The summed E-state index contributed by atoms with van der Waals surface area (Å²) in [6.07, 6.45) is 4.72. The van der Waals surface area contributed by atoms with E-state index in [9.17, 15) is 4.79 Å². The third kappa shape index (κ3) is 2.76. The van der Waals surface area contributed by atoms with Gasteiger partial charge < -0.3 is 0 Å². The summed E-state index contributed by atoms with van der Waals surface area (Å²) in [5.74, 6) is 0.601. The van der Waals surface area contributed by atoms with Gasteiger partial charge in [0.2, 0.25) is 0 Å². The zero-order chi connectivity index (χ0) is 15.5. The SMILES string of the molecule is C=CC[C@H](c1ccc(C)cc1)[C@H]1CCc2ccccc2C1=O. The number of benzene rings is 2. The number of rotatable bonds is 4. The van der Waals surface area contributed by atoms with Crippen LogP contribution < -0.4 is 0 Å². The second-order valence-electron chi connectivity index (χ2n) is 6.21. The highest BCUT2D eigenvalue weighted by Gasteiger charge is 2.33. The summed E-state index contributed by atoms with van der Waals surface area (Å²) >= 11 is 0. The maximum absolute atomic E-state index is 12.9. The van der Waals surface area contributed by atoms with Crippen LogP contribution in [0.1, 0.15) is 45.8 Å². The summed E-state index contributed by atoms with van der Waals surface area (Å²) in [7, 11) is 0. The molecule has 2 aromatic rings. The van der Waals surface area contributed by atoms with E-state index in [2.05, 4.69) is 43.8 Å². The van der Waals surface area contributed by atoms with Crippen LogP contribution in [0.5, 0.6) is 0 Å². The van der Waals surface area contributed by atoms with Gasteiger partial charge in [-0.25, -0.2) is 0 Å². The number of fused-ring (bicyclic) bond motifs is 1. The van der Waals surface area contributed by atoms with Gasteiger partial charge in [0.15, 0.2) is 5.78 Å². The molecule has 0 fully saturated rings. The van der Waals surface area contributed by atoms with E-state index in [0.717, 1.165) is 24.8 Å². The molecule has 0 N–H and O–H groups in total. The van der Waals surface area contributed by atoms with Gasteiger partial charge in [-0.15, -0.1) is 6.58 Å². The molecule has 0 heterocycles. The Morgan fingerprint density at radius 2 is 1.91 bits per heavy atom. The van der Waals surface area contributed by atoms with Gasteiger partial charge in [0, 0.05) is 11.5 Å². The Labute approximate surface area is 132 Å². The van der Waals surface area contributed by atoms with E-state index in [4.69, 9.17) is 0 Å². The van der Waals surface area contributed by atoms with Crippen molar-refractivity contribution in [1.29, 1.82) is 0 Å². The van der Waals surface area contributed by atoms with E-state index in [-0.39, 0.29) is 11.8 Å². The topological polar surface area (TPSA) is 17.1 Å². The fourth-order valence-electron chi connectivity index (χ4n) is 3.53. The Hall–Kier alpha value is -2.15. The Balaban J connectivity index is 1.94. The highest BCUT2D eigenvalue weighted by Crippen LogP contribution is 2.37. The number of allylic oxidation sites excluding steroid dienone is 1. The molecule has 2 atom stereocenters. The van der Waals surface area contributed by atoms with Crippen LogP contribution in [-0.4, -0.2) is 5.78 Å². The second kappa shape index (κ2) is 6.31. The molecule has 3 rings (SSSR count). The minimum atomic E-state index is 0.0654. The molecule has 0 amide bonds. The first kappa shape index (κ1) is 14.8. The first-order valence-electron chi connectivity index (χ1n) is 8.00. The molecule has 0 aliphatic heterocycles. The molecule has 0 saturated heterocycles. The minimum Gasteiger partial charge on any atom is -0.294 e. The summed E-state index contributed by atoms with van der Waals surface area (Å²) < 4.78 is 0.